The van der Waals surface area contributed by atoms with Crippen molar-refractivity contribution < 1.29 is 14.3 Å². The third-order valence-corrected chi connectivity index (χ3v) is 5.14. The highest BCUT2D eigenvalue weighted by Gasteiger charge is 2.46. The predicted molar refractivity (Wildman–Crippen MR) is 98.5 cm³/mol. The first-order valence-electron chi connectivity index (χ1n) is 9.23. The van der Waals surface area contributed by atoms with E-state index in [1.165, 1.54) is 0 Å². The number of ether oxygens (including phenoxy) is 1. The van der Waals surface area contributed by atoms with Crippen LogP contribution >= 0.6 is 0 Å². The number of rotatable bonds is 7. The number of carbonyl (C=O) groups excluding carboxylic acids is 2. The molecule has 1 saturated carbocycles. The molecule has 4 nitrogen and oxygen atoms in total. The Bertz CT molecular complexity index is 746. The molecule has 0 radical (unpaired) electrons. The van der Waals surface area contributed by atoms with E-state index in [0.29, 0.717) is 0 Å². The van der Waals surface area contributed by atoms with E-state index in [9.17, 15) is 9.59 Å². The highest BCUT2D eigenvalue weighted by Crippen LogP contribution is 2.35. The molecule has 2 aliphatic rings. The van der Waals surface area contributed by atoms with Crippen LogP contribution in [0.4, 0.5) is 0 Å². The standard InChI is InChI=1S/C22H23NO3/c1-15-21(26-15)22(25)23(14-19(24)16-12-13-16)20(17-8-4-2-5-9-17)18-10-6-3-7-11-18/h2-11,15-16,20-21H,12-14H2,1H3/t15-,21-/m1/s1. The lowest BCUT2D eigenvalue weighted by atomic mass is 9.96. The van der Waals surface area contributed by atoms with Crippen LogP contribution in [0, 0.1) is 5.92 Å². The van der Waals surface area contributed by atoms with Crippen LogP contribution in [0.25, 0.3) is 0 Å². The molecule has 1 amide bonds. The summed E-state index contributed by atoms with van der Waals surface area (Å²) in [7, 11) is 0. The molecule has 26 heavy (non-hydrogen) atoms. The Morgan fingerprint density at radius 2 is 1.50 bits per heavy atom. The van der Waals surface area contributed by atoms with E-state index >= 15 is 0 Å². The lowest BCUT2D eigenvalue weighted by molar-refractivity contribution is -0.138. The molecule has 1 aliphatic carbocycles. The molecule has 0 bridgehead atoms. The van der Waals surface area contributed by atoms with Gasteiger partial charge in [0, 0.05) is 5.92 Å². The van der Waals surface area contributed by atoms with Crippen molar-refractivity contribution in [3.05, 3.63) is 71.8 Å². The number of Topliss-reactive ketones (excluding diaryl/α,β-unsaturated/α-hetero) is 1. The molecule has 2 atom stereocenters. The van der Waals surface area contributed by atoms with Crippen LogP contribution in [-0.4, -0.2) is 35.3 Å². The summed E-state index contributed by atoms with van der Waals surface area (Å²) in [6, 6.07) is 19.5. The number of epoxide rings is 1. The smallest absolute Gasteiger partial charge is 0.255 e. The Labute approximate surface area is 153 Å². The van der Waals surface area contributed by atoms with Gasteiger partial charge in [-0.2, -0.15) is 0 Å². The minimum absolute atomic E-state index is 0.0757. The number of ketones is 1. The van der Waals surface area contributed by atoms with Crippen molar-refractivity contribution in [2.24, 2.45) is 5.92 Å². The maximum Gasteiger partial charge on any atom is 0.255 e. The second-order valence-electron chi connectivity index (χ2n) is 7.19. The average molecular weight is 349 g/mol. The summed E-state index contributed by atoms with van der Waals surface area (Å²) in [4.78, 5) is 27.4. The quantitative estimate of drug-likeness (QED) is 0.720. The first kappa shape index (κ1) is 17.0. The second kappa shape index (κ2) is 7.04. The van der Waals surface area contributed by atoms with Gasteiger partial charge in [0.05, 0.1) is 18.7 Å². The fourth-order valence-electron chi connectivity index (χ4n) is 3.43. The zero-order valence-electron chi connectivity index (χ0n) is 14.9. The van der Waals surface area contributed by atoms with E-state index in [-0.39, 0.29) is 36.3 Å². The number of hydrogen-bond donors (Lipinski definition) is 0. The minimum atomic E-state index is -0.433. The lowest BCUT2D eigenvalue weighted by Gasteiger charge is -2.32. The van der Waals surface area contributed by atoms with Gasteiger partial charge < -0.3 is 9.64 Å². The summed E-state index contributed by atoms with van der Waals surface area (Å²) in [6.45, 7) is 2.04. The molecule has 0 N–H and O–H groups in total. The lowest BCUT2D eigenvalue weighted by Crippen LogP contribution is -2.42. The van der Waals surface area contributed by atoms with Crippen LogP contribution in [-0.2, 0) is 14.3 Å². The molecule has 1 aliphatic heterocycles. The van der Waals surface area contributed by atoms with E-state index in [0.717, 1.165) is 24.0 Å². The van der Waals surface area contributed by atoms with Gasteiger partial charge in [0.1, 0.15) is 0 Å². The van der Waals surface area contributed by atoms with Gasteiger partial charge in [-0.15, -0.1) is 0 Å². The molecular weight excluding hydrogens is 326 g/mol. The Morgan fingerprint density at radius 3 is 1.92 bits per heavy atom. The molecule has 0 aromatic heterocycles. The van der Waals surface area contributed by atoms with E-state index in [4.69, 9.17) is 4.74 Å². The van der Waals surface area contributed by atoms with Crippen molar-refractivity contribution in [1.82, 2.24) is 4.90 Å². The highest BCUT2D eigenvalue weighted by atomic mass is 16.6. The molecule has 2 aromatic rings. The fraction of sp³-hybridized carbons (Fsp3) is 0.364. The van der Waals surface area contributed by atoms with Gasteiger partial charge in [-0.3, -0.25) is 9.59 Å². The Balaban J connectivity index is 1.72. The molecule has 1 heterocycles. The monoisotopic (exact) mass is 349 g/mol. The molecule has 4 heteroatoms. The number of benzene rings is 2. The van der Waals surface area contributed by atoms with Gasteiger partial charge in [-0.25, -0.2) is 0 Å². The third kappa shape index (κ3) is 3.56. The maximum atomic E-state index is 13.1. The largest absolute Gasteiger partial charge is 0.359 e. The number of carbonyl (C=O) groups is 2. The summed E-state index contributed by atoms with van der Waals surface area (Å²) in [5.41, 5.74) is 2.01. The maximum absolute atomic E-state index is 13.1. The van der Waals surface area contributed by atoms with E-state index in [1.54, 1.807) is 4.90 Å². The zero-order chi connectivity index (χ0) is 18.1. The minimum Gasteiger partial charge on any atom is -0.359 e. The van der Waals surface area contributed by atoms with Crippen molar-refractivity contribution in [2.75, 3.05) is 6.54 Å². The molecule has 2 fully saturated rings. The van der Waals surface area contributed by atoms with Gasteiger partial charge >= 0.3 is 0 Å². The number of nitrogens with zero attached hydrogens (tertiary/aromatic N) is 1. The van der Waals surface area contributed by atoms with Gasteiger partial charge in [-0.1, -0.05) is 60.7 Å². The van der Waals surface area contributed by atoms with Crippen LogP contribution in [0.2, 0.25) is 0 Å². The topological polar surface area (TPSA) is 49.9 Å². The van der Waals surface area contributed by atoms with E-state index in [2.05, 4.69) is 0 Å². The molecule has 134 valence electrons. The van der Waals surface area contributed by atoms with Gasteiger partial charge in [0.2, 0.25) is 0 Å². The van der Waals surface area contributed by atoms with Crippen molar-refractivity contribution in [2.45, 2.75) is 38.0 Å². The number of amides is 1. The first-order chi connectivity index (χ1) is 12.6. The number of hydrogen-bond acceptors (Lipinski definition) is 3. The normalized spacial score (nSPS) is 21.5. The molecule has 2 aromatic carbocycles. The first-order valence-corrected chi connectivity index (χ1v) is 9.23. The molecule has 0 spiro atoms. The van der Waals surface area contributed by atoms with E-state index in [1.807, 2.05) is 67.6 Å². The third-order valence-electron chi connectivity index (χ3n) is 5.14. The molecule has 0 unspecified atom stereocenters. The molecular formula is C22H23NO3. The van der Waals surface area contributed by atoms with Crippen LogP contribution < -0.4 is 0 Å². The summed E-state index contributed by atoms with van der Waals surface area (Å²) >= 11 is 0. The summed E-state index contributed by atoms with van der Waals surface area (Å²) in [6.07, 6.45) is 1.38. The van der Waals surface area contributed by atoms with Crippen LogP contribution in [0.15, 0.2) is 60.7 Å². The Kier molecular flexibility index (Phi) is 4.60. The molecule has 4 rings (SSSR count). The van der Waals surface area contributed by atoms with Crippen molar-refractivity contribution in [3.8, 4) is 0 Å². The van der Waals surface area contributed by atoms with Gasteiger partial charge in [0.15, 0.2) is 11.9 Å². The van der Waals surface area contributed by atoms with E-state index < -0.39 is 6.10 Å². The van der Waals surface area contributed by atoms with Crippen LogP contribution in [0.5, 0.6) is 0 Å². The average Bonchev–Trinajstić information content (AvgIpc) is 3.58. The fourth-order valence-corrected chi connectivity index (χ4v) is 3.43. The van der Waals surface area contributed by atoms with Crippen molar-refractivity contribution >= 4 is 11.7 Å². The SMILES string of the molecule is C[C@H]1O[C@H]1C(=O)N(CC(=O)C1CC1)C(c1ccccc1)c1ccccc1. The van der Waals surface area contributed by atoms with Gasteiger partial charge in [0.25, 0.3) is 5.91 Å². The Hall–Kier alpha value is -2.46. The highest BCUT2D eigenvalue weighted by molar-refractivity contribution is 5.91. The zero-order valence-corrected chi connectivity index (χ0v) is 14.9. The second-order valence-corrected chi connectivity index (χ2v) is 7.19. The summed E-state index contributed by atoms with van der Waals surface area (Å²) in [5.74, 6) is 0.183. The predicted octanol–water partition coefficient (Wildman–Crippen LogP) is 3.37. The molecule has 1 saturated heterocycles. The van der Waals surface area contributed by atoms with Crippen LogP contribution in [0.3, 0.4) is 0 Å². The summed E-state index contributed by atoms with van der Waals surface area (Å²) in [5, 5.41) is 0. The van der Waals surface area contributed by atoms with Crippen LogP contribution in [0.1, 0.15) is 36.9 Å². The van der Waals surface area contributed by atoms with Crippen molar-refractivity contribution in [3.63, 3.8) is 0 Å². The Morgan fingerprint density at radius 1 is 1.00 bits per heavy atom. The van der Waals surface area contributed by atoms with Crippen molar-refractivity contribution in [1.29, 1.82) is 0 Å². The summed E-state index contributed by atoms with van der Waals surface area (Å²) < 4.78 is 5.44. The van der Waals surface area contributed by atoms with Gasteiger partial charge in [-0.05, 0) is 30.9 Å².